The molecule has 0 amide bonds. The summed E-state index contributed by atoms with van der Waals surface area (Å²) < 4.78 is 42.7. The molecule has 0 saturated carbocycles. The van der Waals surface area contributed by atoms with Gasteiger partial charge in [0, 0.05) is 19.3 Å². The molecule has 2 aliphatic rings. The third-order valence-corrected chi connectivity index (χ3v) is 3.27. The Bertz CT molecular complexity index is 435. The quantitative estimate of drug-likeness (QED) is 0.754. The number of ether oxygens (including phenoxy) is 1. The summed E-state index contributed by atoms with van der Waals surface area (Å²) >= 11 is 0. The number of hydrogen-bond acceptors (Lipinski definition) is 3. The molecule has 2 aliphatic heterocycles. The van der Waals surface area contributed by atoms with Crippen LogP contribution >= 0.6 is 0 Å². The Morgan fingerprint density at radius 2 is 2.00 bits per heavy atom. The van der Waals surface area contributed by atoms with Gasteiger partial charge in [0.2, 0.25) is 0 Å². The number of pyridine rings is 1. The molecule has 0 unspecified atom stereocenters. The highest BCUT2D eigenvalue weighted by molar-refractivity contribution is 5.46. The summed E-state index contributed by atoms with van der Waals surface area (Å²) in [7, 11) is 0. The Morgan fingerprint density at radius 3 is 2.53 bits per heavy atom. The van der Waals surface area contributed by atoms with Gasteiger partial charge in [0.15, 0.2) is 0 Å². The molecule has 17 heavy (non-hydrogen) atoms. The van der Waals surface area contributed by atoms with E-state index < -0.39 is 11.7 Å². The van der Waals surface area contributed by atoms with Gasteiger partial charge < -0.3 is 9.64 Å². The topological polar surface area (TPSA) is 25.4 Å². The van der Waals surface area contributed by atoms with Crippen LogP contribution in [0.15, 0.2) is 18.3 Å². The SMILES string of the molecule is FC(F)(F)c1ccnc(N2CC3(COC3)C2)c1. The van der Waals surface area contributed by atoms with Gasteiger partial charge in [-0.3, -0.25) is 0 Å². The second-order valence-corrected chi connectivity index (χ2v) is 4.75. The second kappa shape index (κ2) is 3.35. The largest absolute Gasteiger partial charge is 0.416 e. The average Bonchev–Trinajstić information content (AvgIpc) is 2.12. The molecule has 0 aromatic carbocycles. The van der Waals surface area contributed by atoms with Gasteiger partial charge in [0.05, 0.1) is 24.2 Å². The van der Waals surface area contributed by atoms with Gasteiger partial charge in [-0.1, -0.05) is 0 Å². The third-order valence-electron chi connectivity index (χ3n) is 3.27. The fourth-order valence-electron chi connectivity index (χ4n) is 2.27. The van der Waals surface area contributed by atoms with E-state index >= 15 is 0 Å². The number of alkyl halides is 3. The van der Waals surface area contributed by atoms with Crippen molar-refractivity contribution in [3.8, 4) is 0 Å². The Kier molecular flexibility index (Phi) is 2.13. The van der Waals surface area contributed by atoms with E-state index in [2.05, 4.69) is 4.98 Å². The molecule has 0 radical (unpaired) electrons. The van der Waals surface area contributed by atoms with Crippen molar-refractivity contribution in [1.29, 1.82) is 0 Å². The number of nitrogens with zero attached hydrogens (tertiary/aromatic N) is 2. The van der Waals surface area contributed by atoms with E-state index in [4.69, 9.17) is 4.74 Å². The second-order valence-electron chi connectivity index (χ2n) is 4.75. The predicted molar refractivity (Wildman–Crippen MR) is 54.7 cm³/mol. The van der Waals surface area contributed by atoms with Crippen molar-refractivity contribution in [2.75, 3.05) is 31.2 Å². The van der Waals surface area contributed by atoms with Crippen molar-refractivity contribution >= 4 is 5.82 Å². The molecule has 0 atom stereocenters. The molecule has 2 saturated heterocycles. The molecule has 1 aromatic rings. The molecule has 3 rings (SSSR count). The van der Waals surface area contributed by atoms with Gasteiger partial charge in [-0.2, -0.15) is 13.2 Å². The fraction of sp³-hybridized carbons (Fsp3) is 0.545. The minimum Gasteiger partial charge on any atom is -0.380 e. The van der Waals surface area contributed by atoms with Gasteiger partial charge in [0.1, 0.15) is 5.82 Å². The molecule has 0 aliphatic carbocycles. The van der Waals surface area contributed by atoms with Crippen molar-refractivity contribution in [2.24, 2.45) is 5.41 Å². The number of hydrogen-bond donors (Lipinski definition) is 0. The molecule has 92 valence electrons. The highest BCUT2D eigenvalue weighted by Crippen LogP contribution is 2.40. The summed E-state index contributed by atoms with van der Waals surface area (Å²) in [6, 6.07) is 2.10. The first-order valence-electron chi connectivity index (χ1n) is 5.35. The first kappa shape index (κ1) is 10.8. The van der Waals surface area contributed by atoms with Crippen molar-refractivity contribution < 1.29 is 17.9 Å². The van der Waals surface area contributed by atoms with Crippen LogP contribution in [0.2, 0.25) is 0 Å². The van der Waals surface area contributed by atoms with E-state index in [0.29, 0.717) is 19.0 Å². The molecule has 3 heterocycles. The fourth-order valence-corrected chi connectivity index (χ4v) is 2.27. The highest BCUT2D eigenvalue weighted by Gasteiger charge is 2.49. The number of aromatic nitrogens is 1. The third kappa shape index (κ3) is 1.76. The van der Waals surface area contributed by atoms with Gasteiger partial charge in [-0.05, 0) is 12.1 Å². The van der Waals surface area contributed by atoms with Crippen molar-refractivity contribution in [3.05, 3.63) is 23.9 Å². The van der Waals surface area contributed by atoms with Crippen LogP contribution in [-0.2, 0) is 10.9 Å². The lowest BCUT2D eigenvalue weighted by molar-refractivity contribution is -0.137. The summed E-state index contributed by atoms with van der Waals surface area (Å²) in [6.45, 7) is 2.90. The minimum atomic E-state index is -4.31. The Morgan fingerprint density at radius 1 is 1.29 bits per heavy atom. The van der Waals surface area contributed by atoms with Crippen LogP contribution < -0.4 is 4.90 Å². The van der Waals surface area contributed by atoms with Crippen LogP contribution in [0.4, 0.5) is 19.0 Å². The van der Waals surface area contributed by atoms with Gasteiger partial charge in [-0.15, -0.1) is 0 Å². The standard InChI is InChI=1S/C11H11F3N2O/c12-11(13,14)8-1-2-15-9(3-8)16-4-10(5-16)6-17-7-10/h1-3H,4-7H2. The maximum atomic E-state index is 12.5. The van der Waals surface area contributed by atoms with Gasteiger partial charge >= 0.3 is 6.18 Å². The first-order chi connectivity index (χ1) is 7.99. The van der Waals surface area contributed by atoms with Crippen molar-refractivity contribution in [1.82, 2.24) is 4.98 Å². The van der Waals surface area contributed by atoms with E-state index in [-0.39, 0.29) is 5.41 Å². The van der Waals surface area contributed by atoms with Crippen molar-refractivity contribution in [2.45, 2.75) is 6.18 Å². The lowest BCUT2D eigenvalue weighted by Crippen LogP contribution is -2.66. The van der Waals surface area contributed by atoms with E-state index in [1.54, 1.807) is 0 Å². The maximum Gasteiger partial charge on any atom is 0.416 e. The smallest absolute Gasteiger partial charge is 0.380 e. The molecule has 6 heteroatoms. The monoisotopic (exact) mass is 244 g/mol. The van der Waals surface area contributed by atoms with E-state index in [0.717, 1.165) is 25.2 Å². The first-order valence-corrected chi connectivity index (χ1v) is 5.35. The number of rotatable bonds is 1. The van der Waals surface area contributed by atoms with Crippen LogP contribution in [0.3, 0.4) is 0 Å². The lowest BCUT2D eigenvalue weighted by atomic mass is 9.78. The maximum absolute atomic E-state index is 12.5. The van der Waals surface area contributed by atoms with E-state index in [9.17, 15) is 13.2 Å². The molecular weight excluding hydrogens is 233 g/mol. The lowest BCUT2D eigenvalue weighted by Gasteiger charge is -2.55. The molecule has 0 N–H and O–H groups in total. The van der Waals surface area contributed by atoms with Crippen LogP contribution in [0.1, 0.15) is 5.56 Å². The summed E-state index contributed by atoms with van der Waals surface area (Å²) in [5.41, 5.74) is -0.469. The normalized spacial score (nSPS) is 22.2. The molecular formula is C11H11F3N2O. The van der Waals surface area contributed by atoms with E-state index in [1.807, 2.05) is 4.90 Å². The van der Waals surface area contributed by atoms with Crippen LogP contribution in [0, 0.1) is 5.41 Å². The van der Waals surface area contributed by atoms with Crippen LogP contribution in [0.5, 0.6) is 0 Å². The van der Waals surface area contributed by atoms with Crippen LogP contribution in [0.25, 0.3) is 0 Å². The molecule has 1 aromatic heterocycles. The Labute approximate surface area is 96.2 Å². The number of anilines is 1. The number of halogens is 3. The molecule has 3 nitrogen and oxygen atoms in total. The summed E-state index contributed by atoms with van der Waals surface area (Å²) in [6.07, 6.45) is -3.10. The van der Waals surface area contributed by atoms with Gasteiger partial charge in [-0.25, -0.2) is 4.98 Å². The molecule has 2 fully saturated rings. The zero-order valence-corrected chi connectivity index (χ0v) is 9.00. The Hall–Kier alpha value is -1.30. The zero-order valence-electron chi connectivity index (χ0n) is 9.00. The van der Waals surface area contributed by atoms with Crippen molar-refractivity contribution in [3.63, 3.8) is 0 Å². The minimum absolute atomic E-state index is 0.177. The van der Waals surface area contributed by atoms with E-state index in [1.165, 1.54) is 6.20 Å². The summed E-state index contributed by atoms with van der Waals surface area (Å²) in [5, 5.41) is 0. The zero-order chi connectivity index (χ0) is 12.1. The Balaban J connectivity index is 1.76. The average molecular weight is 244 g/mol. The highest BCUT2D eigenvalue weighted by atomic mass is 19.4. The summed E-state index contributed by atoms with van der Waals surface area (Å²) in [4.78, 5) is 5.84. The van der Waals surface area contributed by atoms with Crippen LogP contribution in [-0.4, -0.2) is 31.3 Å². The molecule has 1 spiro atoms. The summed E-state index contributed by atoms with van der Waals surface area (Å²) in [5.74, 6) is 0.400. The van der Waals surface area contributed by atoms with Gasteiger partial charge in [0.25, 0.3) is 0 Å². The molecule has 0 bridgehead atoms. The predicted octanol–water partition coefficient (Wildman–Crippen LogP) is 1.94.